The average Bonchev–Trinajstić information content (AvgIpc) is 3.32. The van der Waals surface area contributed by atoms with E-state index in [1.165, 1.54) is 18.9 Å². The van der Waals surface area contributed by atoms with Gasteiger partial charge in [-0.2, -0.15) is 0 Å². The predicted molar refractivity (Wildman–Crippen MR) is 78.2 cm³/mol. The molecular weight excluding hydrogens is 272 g/mol. The number of nitrogens with one attached hydrogen (secondary N) is 1. The van der Waals surface area contributed by atoms with Crippen LogP contribution in [0.5, 0.6) is 5.75 Å². The van der Waals surface area contributed by atoms with E-state index in [0.29, 0.717) is 18.2 Å². The molecule has 1 saturated carbocycles. The van der Waals surface area contributed by atoms with Crippen LogP contribution in [0, 0.1) is 11.6 Å². The largest absolute Gasteiger partial charge is 0.496 e. The van der Waals surface area contributed by atoms with Gasteiger partial charge >= 0.3 is 0 Å². The van der Waals surface area contributed by atoms with Crippen LogP contribution < -0.4 is 10.1 Å². The van der Waals surface area contributed by atoms with E-state index in [9.17, 15) is 8.78 Å². The van der Waals surface area contributed by atoms with Crippen molar-refractivity contribution >= 4 is 0 Å². The minimum atomic E-state index is -0.832. The van der Waals surface area contributed by atoms with Gasteiger partial charge in [0, 0.05) is 23.7 Å². The van der Waals surface area contributed by atoms with Gasteiger partial charge in [-0.25, -0.2) is 8.78 Å². The Balaban J connectivity index is 1.94. The second-order valence-corrected chi connectivity index (χ2v) is 5.28. The Morgan fingerprint density at radius 2 is 2.00 bits per heavy atom. The molecule has 4 heteroatoms. The summed E-state index contributed by atoms with van der Waals surface area (Å²) in [5.41, 5.74) is 1.87. The topological polar surface area (TPSA) is 21.3 Å². The lowest BCUT2D eigenvalue weighted by atomic mass is 10.0. The third kappa shape index (κ3) is 3.05. The van der Waals surface area contributed by atoms with Crippen LogP contribution in [0.3, 0.4) is 0 Å². The first-order valence-electron chi connectivity index (χ1n) is 7.03. The summed E-state index contributed by atoms with van der Waals surface area (Å²) in [7, 11) is 1.61. The van der Waals surface area contributed by atoms with E-state index < -0.39 is 11.6 Å². The fraction of sp³-hybridized carbons (Fsp3) is 0.294. The maximum absolute atomic E-state index is 13.9. The van der Waals surface area contributed by atoms with Crippen LogP contribution in [-0.4, -0.2) is 13.2 Å². The number of methoxy groups -OCH3 is 1. The minimum absolute atomic E-state index is 0.269. The molecule has 0 spiro atoms. The summed E-state index contributed by atoms with van der Waals surface area (Å²) in [5.74, 6) is -0.895. The van der Waals surface area contributed by atoms with Crippen molar-refractivity contribution in [3.8, 4) is 16.9 Å². The van der Waals surface area contributed by atoms with Crippen molar-refractivity contribution in [3.63, 3.8) is 0 Å². The quantitative estimate of drug-likeness (QED) is 0.901. The molecule has 0 aliphatic heterocycles. The molecule has 2 aromatic rings. The highest BCUT2D eigenvalue weighted by Crippen LogP contribution is 2.30. The molecule has 1 fully saturated rings. The smallest absolute Gasteiger partial charge is 0.166 e. The molecule has 0 unspecified atom stereocenters. The van der Waals surface area contributed by atoms with Crippen molar-refractivity contribution in [2.75, 3.05) is 7.11 Å². The van der Waals surface area contributed by atoms with Crippen molar-refractivity contribution in [3.05, 3.63) is 53.6 Å². The maximum atomic E-state index is 13.9. The van der Waals surface area contributed by atoms with E-state index in [-0.39, 0.29) is 5.56 Å². The summed E-state index contributed by atoms with van der Waals surface area (Å²) in [5, 5.41) is 3.40. The molecule has 0 bridgehead atoms. The Hall–Kier alpha value is -1.94. The molecule has 21 heavy (non-hydrogen) atoms. The molecule has 0 heterocycles. The average molecular weight is 289 g/mol. The van der Waals surface area contributed by atoms with Gasteiger partial charge < -0.3 is 10.1 Å². The van der Waals surface area contributed by atoms with Gasteiger partial charge in [0.25, 0.3) is 0 Å². The molecule has 2 aromatic carbocycles. The Morgan fingerprint density at radius 1 is 1.19 bits per heavy atom. The molecule has 0 amide bonds. The van der Waals surface area contributed by atoms with Gasteiger partial charge in [0.2, 0.25) is 0 Å². The number of rotatable bonds is 5. The van der Waals surface area contributed by atoms with Crippen LogP contribution in [0.15, 0.2) is 36.4 Å². The summed E-state index contributed by atoms with van der Waals surface area (Å²) >= 11 is 0. The number of halogens is 2. The summed E-state index contributed by atoms with van der Waals surface area (Å²) in [6.07, 6.45) is 2.39. The maximum Gasteiger partial charge on any atom is 0.166 e. The minimum Gasteiger partial charge on any atom is -0.496 e. The lowest BCUT2D eigenvalue weighted by molar-refractivity contribution is 0.407. The van der Waals surface area contributed by atoms with Gasteiger partial charge in [-0.1, -0.05) is 18.2 Å². The van der Waals surface area contributed by atoms with E-state index in [0.717, 1.165) is 17.4 Å². The van der Waals surface area contributed by atoms with E-state index >= 15 is 0 Å². The molecule has 0 saturated heterocycles. The number of hydrogen-bond donors (Lipinski definition) is 1. The molecule has 1 N–H and O–H groups in total. The number of benzene rings is 2. The van der Waals surface area contributed by atoms with Crippen LogP contribution in [0.4, 0.5) is 8.78 Å². The summed E-state index contributed by atoms with van der Waals surface area (Å²) < 4.78 is 32.6. The molecule has 1 aliphatic carbocycles. The van der Waals surface area contributed by atoms with E-state index in [1.54, 1.807) is 25.3 Å². The molecule has 3 rings (SSSR count). The van der Waals surface area contributed by atoms with Crippen LogP contribution >= 0.6 is 0 Å². The second-order valence-electron chi connectivity index (χ2n) is 5.28. The van der Waals surface area contributed by atoms with Crippen molar-refractivity contribution in [1.29, 1.82) is 0 Å². The summed E-state index contributed by atoms with van der Waals surface area (Å²) in [4.78, 5) is 0. The van der Waals surface area contributed by atoms with Crippen molar-refractivity contribution in [2.45, 2.75) is 25.4 Å². The monoisotopic (exact) mass is 289 g/mol. The second kappa shape index (κ2) is 5.82. The third-order valence-corrected chi connectivity index (χ3v) is 3.70. The zero-order chi connectivity index (χ0) is 14.8. The van der Waals surface area contributed by atoms with Gasteiger partial charge in [0.1, 0.15) is 5.75 Å². The predicted octanol–water partition coefficient (Wildman–Crippen LogP) is 3.89. The molecule has 0 radical (unpaired) electrons. The Bertz CT molecular complexity index is 653. The van der Waals surface area contributed by atoms with Crippen molar-refractivity contribution < 1.29 is 13.5 Å². The zero-order valence-electron chi connectivity index (χ0n) is 11.8. The van der Waals surface area contributed by atoms with E-state index in [2.05, 4.69) is 5.32 Å². The molecule has 0 atom stereocenters. The number of hydrogen-bond acceptors (Lipinski definition) is 2. The van der Waals surface area contributed by atoms with Crippen LogP contribution in [-0.2, 0) is 6.54 Å². The van der Waals surface area contributed by atoms with Gasteiger partial charge in [-0.15, -0.1) is 0 Å². The molecule has 2 nitrogen and oxygen atoms in total. The number of ether oxygens (including phenoxy) is 1. The standard InChI is InChI=1S/C17H17F2NO/c1-21-16-8-5-11(9-12(16)10-20-13-6-7-13)14-3-2-4-15(18)17(14)19/h2-5,8-9,13,20H,6-7,10H2,1H3. The lowest BCUT2D eigenvalue weighted by Gasteiger charge is -2.12. The van der Waals surface area contributed by atoms with Gasteiger partial charge in [-0.05, 0) is 36.6 Å². The first-order valence-corrected chi connectivity index (χ1v) is 7.03. The third-order valence-electron chi connectivity index (χ3n) is 3.70. The van der Waals surface area contributed by atoms with E-state index in [4.69, 9.17) is 4.74 Å². The highest BCUT2D eigenvalue weighted by molar-refractivity contribution is 5.66. The molecule has 110 valence electrons. The van der Waals surface area contributed by atoms with Gasteiger partial charge in [0.05, 0.1) is 7.11 Å². The molecular formula is C17H17F2NO. The van der Waals surface area contributed by atoms with E-state index in [1.807, 2.05) is 6.07 Å². The van der Waals surface area contributed by atoms with Gasteiger partial charge in [0.15, 0.2) is 11.6 Å². The van der Waals surface area contributed by atoms with Crippen molar-refractivity contribution in [1.82, 2.24) is 5.32 Å². The van der Waals surface area contributed by atoms with Gasteiger partial charge in [-0.3, -0.25) is 0 Å². The highest BCUT2D eigenvalue weighted by atomic mass is 19.2. The summed E-state index contributed by atoms with van der Waals surface area (Å²) in [6, 6.07) is 10.2. The van der Waals surface area contributed by atoms with Crippen LogP contribution in [0.2, 0.25) is 0 Å². The Morgan fingerprint density at radius 3 is 2.71 bits per heavy atom. The first kappa shape index (κ1) is 14.0. The fourth-order valence-corrected chi connectivity index (χ4v) is 2.35. The Kier molecular flexibility index (Phi) is 3.88. The lowest BCUT2D eigenvalue weighted by Crippen LogP contribution is -2.15. The molecule has 0 aromatic heterocycles. The molecule has 1 aliphatic rings. The van der Waals surface area contributed by atoms with Crippen LogP contribution in [0.1, 0.15) is 18.4 Å². The SMILES string of the molecule is COc1ccc(-c2cccc(F)c2F)cc1CNC1CC1. The fourth-order valence-electron chi connectivity index (χ4n) is 2.35. The first-order chi connectivity index (χ1) is 10.2. The Labute approximate surface area is 122 Å². The van der Waals surface area contributed by atoms with Crippen molar-refractivity contribution in [2.24, 2.45) is 0 Å². The highest BCUT2D eigenvalue weighted by Gasteiger charge is 2.21. The summed E-state index contributed by atoms with van der Waals surface area (Å²) in [6.45, 7) is 0.665. The normalized spacial score (nSPS) is 14.2. The van der Waals surface area contributed by atoms with Crippen LogP contribution in [0.25, 0.3) is 11.1 Å². The zero-order valence-corrected chi connectivity index (χ0v) is 11.8.